The van der Waals surface area contributed by atoms with Crippen molar-refractivity contribution in [1.29, 1.82) is 0 Å². The molecule has 0 N–H and O–H groups in total. The number of anilines is 1. The van der Waals surface area contributed by atoms with Crippen LogP contribution in [-0.2, 0) is 0 Å². The molecule has 0 aliphatic rings. The molecule has 0 heterocycles. The number of benzene rings is 1. The van der Waals surface area contributed by atoms with Gasteiger partial charge in [0.25, 0.3) is 0 Å². The molecule has 21 heavy (non-hydrogen) atoms. The second-order valence-corrected chi connectivity index (χ2v) is 7.49. The van der Waals surface area contributed by atoms with Gasteiger partial charge in [0.1, 0.15) is 0 Å². The first-order chi connectivity index (χ1) is 9.81. The zero-order valence-corrected chi connectivity index (χ0v) is 15.5. The Hall–Kier alpha value is -0.830. The summed E-state index contributed by atoms with van der Waals surface area (Å²) >= 11 is 3.47. The lowest BCUT2D eigenvalue weighted by Crippen LogP contribution is -2.29. The SMILES string of the molecule is CC(=O)c1cc(Br)ccc1N(CCC(C)C)CCC(C)C. The predicted molar refractivity (Wildman–Crippen MR) is 95.3 cm³/mol. The highest BCUT2D eigenvalue weighted by Gasteiger charge is 2.15. The Morgan fingerprint density at radius 2 is 1.62 bits per heavy atom. The van der Waals surface area contributed by atoms with Crippen LogP contribution in [0.1, 0.15) is 57.8 Å². The number of hydrogen-bond donors (Lipinski definition) is 0. The lowest BCUT2D eigenvalue weighted by atomic mass is 10.0. The highest BCUT2D eigenvalue weighted by Crippen LogP contribution is 2.26. The van der Waals surface area contributed by atoms with Gasteiger partial charge in [-0.1, -0.05) is 43.6 Å². The summed E-state index contributed by atoms with van der Waals surface area (Å²) in [4.78, 5) is 14.3. The van der Waals surface area contributed by atoms with Gasteiger partial charge in [-0.05, 0) is 49.8 Å². The van der Waals surface area contributed by atoms with Crippen LogP contribution in [-0.4, -0.2) is 18.9 Å². The monoisotopic (exact) mass is 353 g/mol. The quantitative estimate of drug-likeness (QED) is 0.571. The summed E-state index contributed by atoms with van der Waals surface area (Å²) in [5.41, 5.74) is 1.89. The Morgan fingerprint density at radius 3 is 2.05 bits per heavy atom. The first-order valence-corrected chi connectivity index (χ1v) is 8.66. The Morgan fingerprint density at radius 1 is 1.10 bits per heavy atom. The van der Waals surface area contributed by atoms with E-state index >= 15 is 0 Å². The van der Waals surface area contributed by atoms with Crippen LogP contribution in [0.3, 0.4) is 0 Å². The first-order valence-electron chi connectivity index (χ1n) is 7.86. The van der Waals surface area contributed by atoms with E-state index in [9.17, 15) is 4.79 Å². The maximum Gasteiger partial charge on any atom is 0.161 e. The number of rotatable bonds is 8. The highest BCUT2D eigenvalue weighted by atomic mass is 79.9. The van der Waals surface area contributed by atoms with E-state index in [4.69, 9.17) is 0 Å². The third-order valence-electron chi connectivity index (χ3n) is 3.63. The van der Waals surface area contributed by atoms with Gasteiger partial charge in [0.05, 0.1) is 0 Å². The predicted octanol–water partition coefficient (Wildman–Crippen LogP) is 5.55. The molecule has 1 aromatic rings. The van der Waals surface area contributed by atoms with Gasteiger partial charge in [-0.15, -0.1) is 0 Å². The summed E-state index contributed by atoms with van der Waals surface area (Å²) in [6, 6.07) is 6.04. The molecule has 0 saturated heterocycles. The molecular formula is C18H28BrNO. The van der Waals surface area contributed by atoms with Crippen LogP contribution < -0.4 is 4.90 Å². The second-order valence-electron chi connectivity index (χ2n) is 6.57. The van der Waals surface area contributed by atoms with E-state index < -0.39 is 0 Å². The Balaban J connectivity index is 3.02. The molecule has 0 amide bonds. The average molecular weight is 354 g/mol. The third-order valence-corrected chi connectivity index (χ3v) is 4.12. The van der Waals surface area contributed by atoms with Crippen molar-refractivity contribution in [2.75, 3.05) is 18.0 Å². The molecule has 0 saturated carbocycles. The van der Waals surface area contributed by atoms with Crippen molar-refractivity contribution in [3.05, 3.63) is 28.2 Å². The molecule has 0 aromatic heterocycles. The lowest BCUT2D eigenvalue weighted by molar-refractivity contribution is 0.101. The fourth-order valence-electron chi connectivity index (χ4n) is 2.25. The number of ketones is 1. The van der Waals surface area contributed by atoms with E-state index in [1.807, 2.05) is 12.1 Å². The Kier molecular flexibility index (Phi) is 7.44. The van der Waals surface area contributed by atoms with Crippen molar-refractivity contribution in [1.82, 2.24) is 0 Å². The minimum atomic E-state index is 0.130. The number of carbonyl (C=O) groups is 1. The van der Waals surface area contributed by atoms with Gasteiger partial charge in [0.15, 0.2) is 5.78 Å². The molecule has 0 aliphatic carbocycles. The van der Waals surface area contributed by atoms with Crippen molar-refractivity contribution in [3.8, 4) is 0 Å². The maximum absolute atomic E-state index is 12.0. The molecule has 0 spiro atoms. The first kappa shape index (κ1) is 18.2. The van der Waals surface area contributed by atoms with Gasteiger partial charge < -0.3 is 4.90 Å². The molecule has 1 aromatic carbocycles. The topological polar surface area (TPSA) is 20.3 Å². The van der Waals surface area contributed by atoms with E-state index in [1.165, 1.54) is 0 Å². The summed E-state index contributed by atoms with van der Waals surface area (Å²) in [5, 5.41) is 0. The van der Waals surface area contributed by atoms with E-state index in [0.29, 0.717) is 11.8 Å². The normalized spacial score (nSPS) is 11.2. The molecule has 1 rings (SSSR count). The minimum Gasteiger partial charge on any atom is -0.371 e. The molecular weight excluding hydrogens is 326 g/mol. The molecule has 0 aliphatic heterocycles. The van der Waals surface area contributed by atoms with Crippen LogP contribution in [0.2, 0.25) is 0 Å². The number of halogens is 1. The Bertz CT molecular complexity index is 456. The summed E-state index contributed by atoms with van der Waals surface area (Å²) in [5.74, 6) is 1.47. The van der Waals surface area contributed by atoms with E-state index in [0.717, 1.165) is 41.7 Å². The number of hydrogen-bond acceptors (Lipinski definition) is 2. The fraction of sp³-hybridized carbons (Fsp3) is 0.611. The second kappa shape index (κ2) is 8.57. The van der Waals surface area contributed by atoms with Crippen LogP contribution in [0.5, 0.6) is 0 Å². The van der Waals surface area contributed by atoms with Gasteiger partial charge in [0, 0.05) is 28.8 Å². The summed E-state index contributed by atoms with van der Waals surface area (Å²) < 4.78 is 0.962. The van der Waals surface area contributed by atoms with Crippen molar-refractivity contribution >= 4 is 27.4 Å². The zero-order chi connectivity index (χ0) is 16.0. The van der Waals surface area contributed by atoms with Crippen molar-refractivity contribution in [3.63, 3.8) is 0 Å². The van der Waals surface area contributed by atoms with E-state index in [1.54, 1.807) is 6.92 Å². The summed E-state index contributed by atoms with van der Waals surface area (Å²) in [6.45, 7) is 12.6. The molecule has 0 fully saturated rings. The zero-order valence-electron chi connectivity index (χ0n) is 13.9. The molecule has 0 unspecified atom stereocenters. The van der Waals surface area contributed by atoms with Gasteiger partial charge in [0.2, 0.25) is 0 Å². The van der Waals surface area contributed by atoms with Gasteiger partial charge in [-0.3, -0.25) is 4.79 Å². The molecule has 0 bridgehead atoms. The maximum atomic E-state index is 12.0. The van der Waals surface area contributed by atoms with E-state index in [2.05, 4.69) is 54.6 Å². The van der Waals surface area contributed by atoms with Gasteiger partial charge >= 0.3 is 0 Å². The van der Waals surface area contributed by atoms with Crippen LogP contribution in [0.25, 0.3) is 0 Å². The van der Waals surface area contributed by atoms with Crippen LogP contribution in [0.4, 0.5) is 5.69 Å². The summed E-state index contributed by atoms with van der Waals surface area (Å²) in [6.07, 6.45) is 2.29. The van der Waals surface area contributed by atoms with Crippen molar-refractivity contribution < 1.29 is 4.79 Å². The largest absolute Gasteiger partial charge is 0.371 e. The molecule has 118 valence electrons. The van der Waals surface area contributed by atoms with Crippen molar-refractivity contribution in [2.45, 2.75) is 47.5 Å². The minimum absolute atomic E-state index is 0.130. The van der Waals surface area contributed by atoms with Gasteiger partial charge in [-0.25, -0.2) is 0 Å². The van der Waals surface area contributed by atoms with Crippen LogP contribution >= 0.6 is 15.9 Å². The van der Waals surface area contributed by atoms with E-state index in [-0.39, 0.29) is 5.78 Å². The molecule has 0 radical (unpaired) electrons. The van der Waals surface area contributed by atoms with Crippen molar-refractivity contribution in [2.24, 2.45) is 11.8 Å². The van der Waals surface area contributed by atoms with Crippen LogP contribution in [0, 0.1) is 11.8 Å². The molecule has 0 atom stereocenters. The number of carbonyl (C=O) groups excluding carboxylic acids is 1. The fourth-order valence-corrected chi connectivity index (χ4v) is 2.61. The highest BCUT2D eigenvalue weighted by molar-refractivity contribution is 9.10. The summed E-state index contributed by atoms with van der Waals surface area (Å²) in [7, 11) is 0. The smallest absolute Gasteiger partial charge is 0.161 e. The number of nitrogens with zero attached hydrogens (tertiary/aromatic N) is 1. The molecule has 2 nitrogen and oxygen atoms in total. The third kappa shape index (κ3) is 6.21. The number of Topliss-reactive ketones (excluding diaryl/α,β-unsaturated/α-hetero) is 1. The lowest BCUT2D eigenvalue weighted by Gasteiger charge is -2.28. The Labute approximate surface area is 138 Å². The standard InChI is InChI=1S/C18H28BrNO/c1-13(2)8-10-20(11-9-14(3)4)18-7-6-16(19)12-17(18)15(5)21/h6-7,12-14H,8-11H2,1-5H3. The molecule has 3 heteroatoms. The van der Waals surface area contributed by atoms with Crippen LogP contribution in [0.15, 0.2) is 22.7 Å². The van der Waals surface area contributed by atoms with Gasteiger partial charge in [-0.2, -0.15) is 0 Å². The average Bonchev–Trinajstić information content (AvgIpc) is 2.38.